The molecule has 0 bridgehead atoms. The van der Waals surface area contributed by atoms with Crippen molar-refractivity contribution in [1.29, 1.82) is 0 Å². The summed E-state index contributed by atoms with van der Waals surface area (Å²) >= 11 is 0.300. The van der Waals surface area contributed by atoms with E-state index in [1.54, 1.807) is 0 Å². The van der Waals surface area contributed by atoms with E-state index >= 15 is 0 Å². The van der Waals surface area contributed by atoms with Gasteiger partial charge in [-0.05, 0) is 0 Å². The van der Waals surface area contributed by atoms with E-state index in [9.17, 15) is 0 Å². The average Bonchev–Trinajstić information content (AvgIpc) is 1.00. The normalized spacial score (nSPS) is 1.00. The molecule has 0 aliphatic carbocycles. The number of hydrogen-bond acceptors (Lipinski definition) is 1. The fourth-order valence-electron chi connectivity index (χ4n) is 0. The van der Waals surface area contributed by atoms with E-state index < -0.39 is 0 Å². The van der Waals surface area contributed by atoms with Crippen LogP contribution in [0, 0.1) is 0 Å². The summed E-state index contributed by atoms with van der Waals surface area (Å²) in [5, 5.41) is 0. The van der Waals surface area contributed by atoms with E-state index in [4.69, 9.17) is 3.08 Å². The Morgan fingerprint density at radius 2 is 1.25 bits per heavy atom. The van der Waals surface area contributed by atoms with E-state index in [1.807, 2.05) is 0 Å². The van der Waals surface area contributed by atoms with E-state index in [-0.39, 0.29) is 48.3 Å². The van der Waals surface area contributed by atoms with Crippen molar-refractivity contribution in [1.82, 2.24) is 0 Å². The average molecular weight is 375 g/mol. The van der Waals surface area contributed by atoms with E-state index in [2.05, 4.69) is 0 Å². The SMILES string of the molecule is [O]=[Sn].[Sb].[Sn]. The summed E-state index contributed by atoms with van der Waals surface area (Å²) in [6.07, 6.45) is 0. The fraction of sp³-hybridized carbons (Fsp3) is 0. The van der Waals surface area contributed by atoms with Gasteiger partial charge in [0, 0.05) is 48.3 Å². The topological polar surface area (TPSA) is 17.1 Å². The van der Waals surface area contributed by atoms with Crippen molar-refractivity contribution in [3.05, 3.63) is 0 Å². The zero-order valence-corrected chi connectivity index (χ0v) is 10.1. The predicted molar refractivity (Wildman–Crippen MR) is 17.9 cm³/mol. The van der Waals surface area contributed by atoms with Gasteiger partial charge in [-0.25, -0.2) is 0 Å². The summed E-state index contributed by atoms with van der Waals surface area (Å²) in [7, 11) is 0. The van der Waals surface area contributed by atoms with Crippen LogP contribution in [-0.4, -0.2) is 70.8 Å². The van der Waals surface area contributed by atoms with E-state index in [0.29, 0.717) is 22.5 Å². The standard InChI is InChI=1S/O.Sb.2Sn. The quantitative estimate of drug-likeness (QED) is 0.484. The van der Waals surface area contributed by atoms with Crippen LogP contribution in [-0.2, 0) is 3.08 Å². The molecule has 19 valence electrons. The molecule has 0 saturated carbocycles. The van der Waals surface area contributed by atoms with Gasteiger partial charge in [0.25, 0.3) is 0 Å². The van der Waals surface area contributed by atoms with Gasteiger partial charge in [0.15, 0.2) is 0 Å². The van der Waals surface area contributed by atoms with Gasteiger partial charge in [0.1, 0.15) is 0 Å². The summed E-state index contributed by atoms with van der Waals surface area (Å²) in [6.45, 7) is 0. The summed E-state index contributed by atoms with van der Waals surface area (Å²) < 4.78 is 8.34. The van der Waals surface area contributed by atoms with Crippen molar-refractivity contribution >= 4 is 70.8 Å². The Bertz CT molecular complexity index is 6.00. The zero-order valence-electron chi connectivity index (χ0n) is 1.86. The van der Waals surface area contributed by atoms with Gasteiger partial charge in [-0.1, -0.05) is 0 Å². The molecule has 0 atom stereocenters. The molecule has 0 N–H and O–H groups in total. The maximum atomic E-state index is 8.34. The molecule has 0 aliphatic heterocycles. The molecule has 0 aromatic carbocycles. The van der Waals surface area contributed by atoms with Gasteiger partial charge in [0.05, 0.1) is 0 Å². The van der Waals surface area contributed by atoms with Gasteiger partial charge in [-0.2, -0.15) is 0 Å². The third-order valence-corrected chi connectivity index (χ3v) is 0. The molecule has 1 nitrogen and oxygen atoms in total. The molecular weight excluding hydrogens is 375 g/mol. The first kappa shape index (κ1) is 16.4. The Balaban J connectivity index is -0.00000000500. The van der Waals surface area contributed by atoms with Crippen molar-refractivity contribution in [2.45, 2.75) is 0 Å². The molecule has 0 aromatic rings. The Kier molecular flexibility index (Phi) is 77.2. The Hall–Kier alpha value is 2.22. The molecular formula is OSbSn2. The minimum absolute atomic E-state index is 0. The summed E-state index contributed by atoms with van der Waals surface area (Å²) in [6, 6.07) is 0. The van der Waals surface area contributed by atoms with Crippen LogP contribution in [0.2, 0.25) is 0 Å². The smallest absolute Gasteiger partial charge is 0 e. The molecule has 0 aliphatic rings. The van der Waals surface area contributed by atoms with Crippen molar-refractivity contribution in [3.8, 4) is 0 Å². The monoisotopic (exact) mass is 377 g/mol. The van der Waals surface area contributed by atoms with Crippen LogP contribution in [0.25, 0.3) is 0 Å². The maximum Gasteiger partial charge on any atom is 0 e. The Morgan fingerprint density at radius 3 is 1.25 bits per heavy atom. The van der Waals surface area contributed by atoms with Crippen LogP contribution >= 0.6 is 0 Å². The van der Waals surface area contributed by atoms with Gasteiger partial charge >= 0.3 is 25.6 Å². The molecule has 0 heterocycles. The second-order valence-corrected chi connectivity index (χ2v) is 0. The van der Waals surface area contributed by atoms with Gasteiger partial charge in [-0.3, -0.25) is 0 Å². The first-order valence-electron chi connectivity index (χ1n) is 0.204. The molecule has 0 unspecified atom stereocenters. The van der Waals surface area contributed by atoms with E-state index in [0.717, 1.165) is 0 Å². The van der Waals surface area contributed by atoms with Crippen molar-refractivity contribution in [3.63, 3.8) is 0 Å². The Labute approximate surface area is 72.8 Å². The molecule has 0 spiro atoms. The van der Waals surface area contributed by atoms with Crippen molar-refractivity contribution < 1.29 is 3.08 Å². The summed E-state index contributed by atoms with van der Waals surface area (Å²) in [5.74, 6) is 0. The van der Waals surface area contributed by atoms with E-state index in [1.165, 1.54) is 0 Å². The Morgan fingerprint density at radius 1 is 1.25 bits per heavy atom. The van der Waals surface area contributed by atoms with Crippen LogP contribution in [0.5, 0.6) is 0 Å². The molecule has 4 heteroatoms. The van der Waals surface area contributed by atoms with Crippen LogP contribution in [0.1, 0.15) is 0 Å². The minimum atomic E-state index is 0. The number of hydrogen-bond donors (Lipinski definition) is 0. The molecule has 0 aromatic heterocycles. The molecule has 0 rings (SSSR count). The molecule has 0 amide bonds. The minimum Gasteiger partial charge on any atom is 0 e. The second-order valence-electron chi connectivity index (χ2n) is 0. The van der Waals surface area contributed by atoms with Crippen molar-refractivity contribution in [2.24, 2.45) is 0 Å². The van der Waals surface area contributed by atoms with Crippen LogP contribution in [0.4, 0.5) is 0 Å². The molecule has 0 saturated heterocycles. The van der Waals surface area contributed by atoms with Crippen LogP contribution in [0.3, 0.4) is 0 Å². The van der Waals surface area contributed by atoms with Crippen molar-refractivity contribution in [2.75, 3.05) is 0 Å². The molecule has 0 fully saturated rings. The third kappa shape index (κ3) is 8.88. The van der Waals surface area contributed by atoms with Gasteiger partial charge in [0.2, 0.25) is 0 Å². The number of rotatable bonds is 0. The van der Waals surface area contributed by atoms with Crippen LogP contribution in [0.15, 0.2) is 0 Å². The second kappa shape index (κ2) is 18.9. The molecule has 4 heavy (non-hydrogen) atoms. The zero-order chi connectivity index (χ0) is 2.00. The fourth-order valence-corrected chi connectivity index (χ4v) is 0. The van der Waals surface area contributed by atoms with Crippen LogP contribution < -0.4 is 0 Å². The van der Waals surface area contributed by atoms with Gasteiger partial charge in [-0.15, -0.1) is 0 Å². The van der Waals surface area contributed by atoms with Gasteiger partial charge < -0.3 is 0 Å². The first-order chi connectivity index (χ1) is 1.00. The molecule has 9 radical (unpaired) electrons. The summed E-state index contributed by atoms with van der Waals surface area (Å²) in [4.78, 5) is 0. The first-order valence-corrected chi connectivity index (χ1v) is 1.37. The maximum absolute atomic E-state index is 8.34. The predicted octanol–water partition coefficient (Wildman–Crippen LogP) is -1.26. The third-order valence-electron chi connectivity index (χ3n) is 0. The largest absolute Gasteiger partial charge is 0 e. The summed E-state index contributed by atoms with van der Waals surface area (Å²) in [5.41, 5.74) is 0.